The van der Waals surface area contributed by atoms with Crippen LogP contribution in [0.2, 0.25) is 0 Å². The smallest absolute Gasteiger partial charge is 0.253 e. The van der Waals surface area contributed by atoms with Crippen molar-refractivity contribution in [3.63, 3.8) is 0 Å². The number of carbonyl (C=O) groups excluding carboxylic acids is 1. The second kappa shape index (κ2) is 8.80. The molecule has 1 aliphatic heterocycles. The van der Waals surface area contributed by atoms with Crippen LogP contribution in [0.15, 0.2) is 67.3 Å². The number of likely N-dealkylation sites (tertiary alicyclic amines) is 1. The van der Waals surface area contributed by atoms with Gasteiger partial charge in [0.25, 0.3) is 5.91 Å². The lowest BCUT2D eigenvalue weighted by Crippen LogP contribution is -2.40. The largest absolute Gasteiger partial charge is 0.350 e. The maximum atomic E-state index is 13.0. The Morgan fingerprint density at radius 1 is 1.04 bits per heavy atom. The molecule has 0 spiro atoms. The van der Waals surface area contributed by atoms with Gasteiger partial charge < -0.3 is 5.32 Å². The standard InChI is InChI=1S/C22H25N5O/c28-22(19-9-2-3-10-20(19)27-15-7-12-25-27)24-17-21(18-8-6-11-23-16-18)26-13-4-1-5-14-26/h2-3,6-12,15-16,21H,1,4-5,13-14,17H2,(H,24,28)/t21-/m1/s1. The number of carbonyl (C=O) groups is 1. The van der Waals surface area contributed by atoms with Gasteiger partial charge in [0, 0.05) is 31.3 Å². The molecule has 4 rings (SSSR count). The topological polar surface area (TPSA) is 63.1 Å². The summed E-state index contributed by atoms with van der Waals surface area (Å²) < 4.78 is 1.72. The molecule has 2 aromatic heterocycles. The summed E-state index contributed by atoms with van der Waals surface area (Å²) in [7, 11) is 0. The first kappa shape index (κ1) is 18.4. The maximum absolute atomic E-state index is 13.0. The van der Waals surface area contributed by atoms with Crippen LogP contribution in [0.4, 0.5) is 0 Å². The van der Waals surface area contributed by atoms with Gasteiger partial charge in [-0.25, -0.2) is 4.68 Å². The van der Waals surface area contributed by atoms with E-state index in [0.717, 1.165) is 24.3 Å². The quantitative estimate of drug-likeness (QED) is 0.719. The molecule has 3 aromatic rings. The van der Waals surface area contributed by atoms with E-state index in [-0.39, 0.29) is 11.9 Å². The third-order valence-corrected chi connectivity index (χ3v) is 5.26. The normalized spacial score (nSPS) is 15.9. The van der Waals surface area contributed by atoms with Crippen molar-refractivity contribution in [2.45, 2.75) is 25.3 Å². The Labute approximate surface area is 165 Å². The Bertz CT molecular complexity index is 888. The van der Waals surface area contributed by atoms with Crippen LogP contribution in [0.5, 0.6) is 0 Å². The first-order valence-corrected chi connectivity index (χ1v) is 9.84. The Balaban J connectivity index is 1.52. The number of rotatable bonds is 6. The lowest BCUT2D eigenvalue weighted by atomic mass is 10.0. The Hall–Kier alpha value is -2.99. The molecule has 1 saturated heterocycles. The highest BCUT2D eigenvalue weighted by molar-refractivity contribution is 5.97. The molecule has 0 radical (unpaired) electrons. The average molecular weight is 375 g/mol. The van der Waals surface area contributed by atoms with E-state index < -0.39 is 0 Å². The zero-order valence-corrected chi connectivity index (χ0v) is 15.9. The molecule has 6 nitrogen and oxygen atoms in total. The molecular formula is C22H25N5O. The molecule has 1 amide bonds. The van der Waals surface area contributed by atoms with Gasteiger partial charge in [0.1, 0.15) is 0 Å². The van der Waals surface area contributed by atoms with Crippen LogP contribution in [0.25, 0.3) is 5.69 Å². The fourth-order valence-electron chi connectivity index (χ4n) is 3.82. The number of piperidine rings is 1. The summed E-state index contributed by atoms with van der Waals surface area (Å²) in [6.07, 6.45) is 10.9. The molecule has 3 heterocycles. The zero-order valence-electron chi connectivity index (χ0n) is 15.9. The van der Waals surface area contributed by atoms with Crippen LogP contribution in [-0.4, -0.2) is 45.2 Å². The van der Waals surface area contributed by atoms with Gasteiger partial charge in [-0.15, -0.1) is 0 Å². The fraction of sp³-hybridized carbons (Fsp3) is 0.318. The van der Waals surface area contributed by atoms with E-state index in [1.165, 1.54) is 19.3 Å². The summed E-state index contributed by atoms with van der Waals surface area (Å²) in [6, 6.07) is 13.6. The van der Waals surface area contributed by atoms with Crippen molar-refractivity contribution in [2.75, 3.05) is 19.6 Å². The average Bonchev–Trinajstić information content (AvgIpc) is 3.30. The summed E-state index contributed by atoms with van der Waals surface area (Å²) in [5.41, 5.74) is 2.54. The number of nitrogens with zero attached hydrogens (tertiary/aromatic N) is 4. The first-order chi connectivity index (χ1) is 13.8. The number of hydrogen-bond donors (Lipinski definition) is 1. The number of para-hydroxylation sites is 1. The van der Waals surface area contributed by atoms with Crippen molar-refractivity contribution in [2.24, 2.45) is 0 Å². The summed E-state index contributed by atoms with van der Waals surface area (Å²) in [6.45, 7) is 2.66. The van der Waals surface area contributed by atoms with E-state index in [9.17, 15) is 4.79 Å². The lowest BCUT2D eigenvalue weighted by molar-refractivity contribution is 0.0924. The zero-order chi connectivity index (χ0) is 19.2. The van der Waals surface area contributed by atoms with Crippen molar-refractivity contribution < 1.29 is 4.79 Å². The van der Waals surface area contributed by atoms with E-state index in [0.29, 0.717) is 12.1 Å². The van der Waals surface area contributed by atoms with Crippen molar-refractivity contribution in [3.8, 4) is 5.69 Å². The molecule has 1 fully saturated rings. The van der Waals surface area contributed by atoms with E-state index in [4.69, 9.17) is 0 Å². The van der Waals surface area contributed by atoms with Gasteiger partial charge in [-0.05, 0) is 55.8 Å². The number of nitrogens with one attached hydrogen (secondary N) is 1. The molecule has 6 heteroatoms. The SMILES string of the molecule is O=C(NC[C@H](c1cccnc1)N1CCCCC1)c1ccccc1-n1cccn1. The minimum absolute atomic E-state index is 0.0861. The maximum Gasteiger partial charge on any atom is 0.253 e. The second-order valence-corrected chi connectivity index (χ2v) is 7.08. The third-order valence-electron chi connectivity index (χ3n) is 5.26. The van der Waals surface area contributed by atoms with Gasteiger partial charge in [-0.3, -0.25) is 14.7 Å². The highest BCUT2D eigenvalue weighted by Crippen LogP contribution is 2.24. The van der Waals surface area contributed by atoms with Crippen molar-refractivity contribution >= 4 is 5.91 Å². The Kier molecular flexibility index (Phi) is 5.77. The summed E-state index contributed by atoms with van der Waals surface area (Å²) in [4.78, 5) is 19.7. The minimum atomic E-state index is -0.0861. The third kappa shape index (κ3) is 4.12. The summed E-state index contributed by atoms with van der Waals surface area (Å²) in [5.74, 6) is -0.0861. The number of benzene rings is 1. The summed E-state index contributed by atoms with van der Waals surface area (Å²) >= 11 is 0. The molecule has 28 heavy (non-hydrogen) atoms. The molecule has 1 aliphatic rings. The molecule has 1 aromatic carbocycles. The number of hydrogen-bond acceptors (Lipinski definition) is 4. The van der Waals surface area contributed by atoms with Gasteiger partial charge in [0.15, 0.2) is 0 Å². The first-order valence-electron chi connectivity index (χ1n) is 9.84. The molecule has 0 unspecified atom stereocenters. The van der Waals surface area contributed by atoms with Crippen LogP contribution >= 0.6 is 0 Å². The molecule has 1 atom stereocenters. The molecular weight excluding hydrogens is 350 g/mol. The van der Waals surface area contributed by atoms with Crippen LogP contribution in [0.3, 0.4) is 0 Å². The highest BCUT2D eigenvalue weighted by atomic mass is 16.1. The van der Waals surface area contributed by atoms with Crippen molar-refractivity contribution in [1.82, 2.24) is 25.0 Å². The minimum Gasteiger partial charge on any atom is -0.350 e. The van der Waals surface area contributed by atoms with E-state index in [1.54, 1.807) is 17.1 Å². The number of aromatic nitrogens is 3. The number of amides is 1. The van der Waals surface area contributed by atoms with E-state index >= 15 is 0 Å². The molecule has 0 bridgehead atoms. The van der Waals surface area contributed by atoms with Crippen LogP contribution in [-0.2, 0) is 0 Å². The molecule has 0 aliphatic carbocycles. The highest BCUT2D eigenvalue weighted by Gasteiger charge is 2.23. The monoisotopic (exact) mass is 375 g/mol. The molecule has 144 valence electrons. The van der Waals surface area contributed by atoms with Gasteiger partial charge in [-0.1, -0.05) is 24.6 Å². The van der Waals surface area contributed by atoms with Crippen molar-refractivity contribution in [3.05, 3.63) is 78.4 Å². The number of pyridine rings is 1. The van der Waals surface area contributed by atoms with Crippen molar-refractivity contribution in [1.29, 1.82) is 0 Å². The van der Waals surface area contributed by atoms with Gasteiger partial charge in [-0.2, -0.15) is 5.10 Å². The van der Waals surface area contributed by atoms with Crippen LogP contribution < -0.4 is 5.32 Å². The second-order valence-electron chi connectivity index (χ2n) is 7.08. The predicted octanol–water partition coefficient (Wildman–Crippen LogP) is 3.22. The van der Waals surface area contributed by atoms with Crippen LogP contribution in [0, 0.1) is 0 Å². The summed E-state index contributed by atoms with van der Waals surface area (Å²) in [5, 5.41) is 7.41. The lowest BCUT2D eigenvalue weighted by Gasteiger charge is -2.34. The predicted molar refractivity (Wildman–Crippen MR) is 108 cm³/mol. The van der Waals surface area contributed by atoms with Gasteiger partial charge in [0.2, 0.25) is 0 Å². The van der Waals surface area contributed by atoms with Gasteiger partial charge in [0.05, 0.1) is 17.3 Å². The Morgan fingerprint density at radius 2 is 1.89 bits per heavy atom. The van der Waals surface area contributed by atoms with Gasteiger partial charge >= 0.3 is 0 Å². The fourth-order valence-corrected chi connectivity index (χ4v) is 3.82. The molecule has 0 saturated carbocycles. The molecule has 1 N–H and O–H groups in total. The van der Waals surface area contributed by atoms with E-state index in [1.807, 2.05) is 48.8 Å². The van der Waals surface area contributed by atoms with Crippen LogP contribution in [0.1, 0.15) is 41.2 Å². The Morgan fingerprint density at radius 3 is 2.64 bits per heavy atom. The van der Waals surface area contributed by atoms with E-state index in [2.05, 4.69) is 26.4 Å².